The Labute approximate surface area is 178 Å². The summed E-state index contributed by atoms with van der Waals surface area (Å²) in [6, 6.07) is 19.0. The number of benzene rings is 3. The van der Waals surface area contributed by atoms with Gasteiger partial charge in [-0.25, -0.2) is 0 Å². The third kappa shape index (κ3) is 4.01. The van der Waals surface area contributed by atoms with Crippen LogP contribution in [-0.4, -0.2) is 20.8 Å². The van der Waals surface area contributed by atoms with Crippen LogP contribution in [0, 0.1) is 13.8 Å². The molecule has 0 aromatic heterocycles. The highest BCUT2D eigenvalue weighted by atomic mass is 16.5. The summed E-state index contributed by atoms with van der Waals surface area (Å²) >= 11 is 0. The largest absolute Gasteiger partial charge is 0.496 e. The lowest BCUT2D eigenvalue weighted by atomic mass is 9.88. The quantitative estimate of drug-likeness (QED) is 0.619. The van der Waals surface area contributed by atoms with Gasteiger partial charge in [-0.3, -0.25) is 0 Å². The predicted molar refractivity (Wildman–Crippen MR) is 120 cm³/mol. The molecule has 1 aliphatic heterocycles. The van der Waals surface area contributed by atoms with Gasteiger partial charge < -0.3 is 19.5 Å². The van der Waals surface area contributed by atoms with Crippen molar-refractivity contribution in [1.29, 1.82) is 0 Å². The van der Waals surface area contributed by atoms with Crippen LogP contribution in [-0.2, 0) is 13.0 Å². The minimum absolute atomic E-state index is 0.113. The Balaban J connectivity index is 1.70. The normalized spacial score (nSPS) is 15.4. The van der Waals surface area contributed by atoms with Crippen molar-refractivity contribution in [3.8, 4) is 17.2 Å². The first-order chi connectivity index (χ1) is 14.6. The van der Waals surface area contributed by atoms with Gasteiger partial charge in [0.2, 0.25) is 0 Å². The van der Waals surface area contributed by atoms with Crippen molar-refractivity contribution in [2.75, 3.05) is 20.8 Å². The molecule has 4 heteroatoms. The molecule has 3 aromatic carbocycles. The maximum absolute atomic E-state index is 6.18. The van der Waals surface area contributed by atoms with E-state index in [2.05, 4.69) is 55.6 Å². The zero-order valence-electron chi connectivity index (χ0n) is 18.1. The molecule has 0 radical (unpaired) electrons. The van der Waals surface area contributed by atoms with Crippen LogP contribution in [0.4, 0.5) is 0 Å². The molecule has 0 amide bonds. The smallest absolute Gasteiger partial charge is 0.162 e. The van der Waals surface area contributed by atoms with Gasteiger partial charge in [-0.2, -0.15) is 0 Å². The molecule has 1 atom stereocenters. The van der Waals surface area contributed by atoms with E-state index in [1.807, 2.05) is 18.2 Å². The Hall–Kier alpha value is -2.98. The summed E-state index contributed by atoms with van der Waals surface area (Å²) < 4.78 is 17.4. The van der Waals surface area contributed by atoms with E-state index in [9.17, 15) is 0 Å². The molecule has 1 heterocycles. The monoisotopic (exact) mass is 403 g/mol. The maximum Gasteiger partial charge on any atom is 0.162 e. The van der Waals surface area contributed by atoms with Crippen molar-refractivity contribution in [2.24, 2.45) is 0 Å². The van der Waals surface area contributed by atoms with Crippen LogP contribution in [0.25, 0.3) is 0 Å². The fraction of sp³-hybridized carbons (Fsp3) is 0.308. The van der Waals surface area contributed by atoms with Crippen molar-refractivity contribution in [3.63, 3.8) is 0 Å². The number of rotatable bonds is 6. The summed E-state index contributed by atoms with van der Waals surface area (Å²) in [6.45, 7) is 5.63. The minimum Gasteiger partial charge on any atom is -0.496 e. The highest BCUT2D eigenvalue weighted by Crippen LogP contribution is 2.39. The van der Waals surface area contributed by atoms with Gasteiger partial charge in [0, 0.05) is 6.54 Å². The number of hydrogen-bond donors (Lipinski definition) is 1. The number of fused-ring (bicyclic) bond motifs is 1. The molecule has 0 bridgehead atoms. The first-order valence-corrected chi connectivity index (χ1v) is 10.4. The van der Waals surface area contributed by atoms with Crippen LogP contribution in [0.5, 0.6) is 17.2 Å². The van der Waals surface area contributed by atoms with E-state index < -0.39 is 0 Å². The number of aryl methyl sites for hydroxylation is 2. The van der Waals surface area contributed by atoms with Gasteiger partial charge in [0.15, 0.2) is 11.5 Å². The number of methoxy groups -OCH3 is 2. The summed E-state index contributed by atoms with van der Waals surface area (Å²) in [7, 11) is 3.43. The van der Waals surface area contributed by atoms with Gasteiger partial charge in [-0.1, -0.05) is 42.5 Å². The molecule has 1 N–H and O–H groups in total. The second-order valence-electron chi connectivity index (χ2n) is 7.80. The van der Waals surface area contributed by atoms with Crippen molar-refractivity contribution in [1.82, 2.24) is 5.32 Å². The van der Waals surface area contributed by atoms with E-state index in [1.54, 1.807) is 14.2 Å². The average molecular weight is 404 g/mol. The molecular weight excluding hydrogens is 374 g/mol. The Morgan fingerprint density at radius 3 is 2.30 bits per heavy atom. The second kappa shape index (κ2) is 8.80. The Morgan fingerprint density at radius 2 is 1.63 bits per heavy atom. The van der Waals surface area contributed by atoms with E-state index in [0.29, 0.717) is 6.61 Å². The summed E-state index contributed by atoms with van der Waals surface area (Å²) in [5, 5.41) is 3.68. The van der Waals surface area contributed by atoms with Gasteiger partial charge in [-0.05, 0) is 65.8 Å². The third-order valence-corrected chi connectivity index (χ3v) is 5.74. The van der Waals surface area contributed by atoms with Gasteiger partial charge in [0.1, 0.15) is 12.4 Å². The lowest BCUT2D eigenvalue weighted by Crippen LogP contribution is -2.30. The molecule has 4 nitrogen and oxygen atoms in total. The van der Waals surface area contributed by atoms with Gasteiger partial charge in [0.05, 0.1) is 20.3 Å². The SMILES string of the molecule is COc1cc2c(cc1OCc1ccccc1)C(c1cc(C)c(OC)c(C)c1)NCC2. The summed E-state index contributed by atoms with van der Waals surface area (Å²) in [5.74, 6) is 2.51. The van der Waals surface area contributed by atoms with E-state index >= 15 is 0 Å². The number of nitrogens with one attached hydrogen (secondary N) is 1. The molecule has 4 rings (SSSR count). The van der Waals surface area contributed by atoms with Crippen LogP contribution in [0.2, 0.25) is 0 Å². The highest BCUT2D eigenvalue weighted by molar-refractivity contribution is 5.53. The van der Waals surface area contributed by atoms with Crippen molar-refractivity contribution in [3.05, 3.63) is 88.0 Å². The Kier molecular flexibility index (Phi) is 5.96. The standard InChI is InChI=1S/C26H29NO3/c1-17-12-21(13-18(2)26(17)29-4)25-22-15-24(30-16-19-8-6-5-7-9-19)23(28-3)14-20(22)10-11-27-25/h5-9,12-15,25,27H,10-11,16H2,1-4H3. The van der Waals surface area contributed by atoms with Crippen LogP contribution in [0.15, 0.2) is 54.6 Å². The lowest BCUT2D eigenvalue weighted by molar-refractivity contribution is 0.283. The fourth-order valence-electron chi connectivity index (χ4n) is 4.34. The molecular formula is C26H29NO3. The van der Waals surface area contributed by atoms with Crippen LogP contribution in [0.3, 0.4) is 0 Å². The molecule has 30 heavy (non-hydrogen) atoms. The molecule has 1 aliphatic rings. The number of hydrogen-bond acceptors (Lipinski definition) is 4. The summed E-state index contributed by atoms with van der Waals surface area (Å²) in [6.07, 6.45) is 0.968. The Morgan fingerprint density at radius 1 is 0.900 bits per heavy atom. The molecule has 156 valence electrons. The topological polar surface area (TPSA) is 39.7 Å². The average Bonchev–Trinajstić information content (AvgIpc) is 2.77. The first kappa shape index (κ1) is 20.3. The zero-order valence-corrected chi connectivity index (χ0v) is 18.1. The molecule has 0 saturated carbocycles. The minimum atomic E-state index is 0.113. The van der Waals surface area contributed by atoms with Crippen molar-refractivity contribution < 1.29 is 14.2 Å². The van der Waals surface area contributed by atoms with Gasteiger partial charge in [-0.15, -0.1) is 0 Å². The van der Waals surface area contributed by atoms with Crippen LogP contribution >= 0.6 is 0 Å². The van der Waals surface area contributed by atoms with E-state index in [-0.39, 0.29) is 6.04 Å². The fourth-order valence-corrected chi connectivity index (χ4v) is 4.34. The second-order valence-corrected chi connectivity index (χ2v) is 7.80. The first-order valence-electron chi connectivity index (χ1n) is 10.4. The van der Waals surface area contributed by atoms with Crippen LogP contribution < -0.4 is 19.5 Å². The van der Waals surface area contributed by atoms with Crippen LogP contribution in [0.1, 0.15) is 39.4 Å². The number of ether oxygens (including phenoxy) is 3. The van der Waals surface area contributed by atoms with E-state index in [1.165, 1.54) is 16.7 Å². The van der Waals surface area contributed by atoms with Crippen molar-refractivity contribution in [2.45, 2.75) is 32.9 Å². The van der Waals surface area contributed by atoms with E-state index in [4.69, 9.17) is 14.2 Å². The maximum atomic E-state index is 6.18. The molecule has 1 unspecified atom stereocenters. The molecule has 0 spiro atoms. The molecule has 0 fully saturated rings. The summed E-state index contributed by atoms with van der Waals surface area (Å²) in [5.41, 5.74) is 7.22. The van der Waals surface area contributed by atoms with Gasteiger partial charge in [0.25, 0.3) is 0 Å². The Bertz CT molecular complexity index is 1010. The third-order valence-electron chi connectivity index (χ3n) is 5.74. The zero-order chi connectivity index (χ0) is 21.1. The van der Waals surface area contributed by atoms with Gasteiger partial charge >= 0.3 is 0 Å². The van der Waals surface area contributed by atoms with E-state index in [0.717, 1.165) is 46.9 Å². The summed E-state index contributed by atoms with van der Waals surface area (Å²) in [4.78, 5) is 0. The highest BCUT2D eigenvalue weighted by Gasteiger charge is 2.25. The lowest BCUT2D eigenvalue weighted by Gasteiger charge is -2.29. The predicted octanol–water partition coefficient (Wildman–Crippen LogP) is 5.13. The van der Waals surface area contributed by atoms with Crippen molar-refractivity contribution >= 4 is 0 Å². The molecule has 3 aromatic rings. The molecule has 0 saturated heterocycles. The molecule has 0 aliphatic carbocycles.